The van der Waals surface area contributed by atoms with Crippen LogP contribution >= 0.6 is 0 Å². The van der Waals surface area contributed by atoms with Crippen molar-refractivity contribution in [3.8, 4) is 28.4 Å². The molecule has 0 atom stereocenters. The number of fused-ring (bicyclic) bond motifs is 1. The van der Waals surface area contributed by atoms with Crippen LogP contribution in [0.4, 0.5) is 0 Å². The molecule has 1 aliphatic heterocycles. The van der Waals surface area contributed by atoms with E-state index in [4.69, 9.17) is 14.2 Å². The molecule has 0 aliphatic carbocycles. The van der Waals surface area contributed by atoms with Gasteiger partial charge in [-0.05, 0) is 37.6 Å². The van der Waals surface area contributed by atoms with E-state index in [9.17, 15) is 0 Å². The molecule has 0 spiro atoms. The van der Waals surface area contributed by atoms with Crippen molar-refractivity contribution >= 4 is 0 Å². The van der Waals surface area contributed by atoms with Crippen molar-refractivity contribution in [2.45, 2.75) is 20.4 Å². The third kappa shape index (κ3) is 3.86. The fourth-order valence-corrected chi connectivity index (χ4v) is 3.31. The van der Waals surface area contributed by atoms with Gasteiger partial charge in [-0.25, -0.2) is 0 Å². The number of allylic oxidation sites excluding steroid dienone is 1. The van der Waals surface area contributed by atoms with Crippen molar-refractivity contribution in [2.75, 3.05) is 33.9 Å². The Morgan fingerprint density at radius 3 is 2.65 bits per heavy atom. The first kappa shape index (κ1) is 18.3. The molecule has 0 fully saturated rings. The van der Waals surface area contributed by atoms with Gasteiger partial charge in [0, 0.05) is 30.8 Å². The van der Waals surface area contributed by atoms with Crippen LogP contribution in [0.5, 0.6) is 17.2 Å². The summed E-state index contributed by atoms with van der Waals surface area (Å²) in [5.41, 5.74) is 4.63. The smallest absolute Gasteiger partial charge is 0.165 e. The van der Waals surface area contributed by atoms with Gasteiger partial charge in [-0.1, -0.05) is 29.8 Å². The van der Waals surface area contributed by atoms with E-state index in [1.165, 1.54) is 5.57 Å². The van der Waals surface area contributed by atoms with Crippen LogP contribution in [0.1, 0.15) is 19.4 Å². The van der Waals surface area contributed by atoms with Crippen LogP contribution in [0.3, 0.4) is 0 Å². The van der Waals surface area contributed by atoms with Gasteiger partial charge in [0.25, 0.3) is 0 Å². The van der Waals surface area contributed by atoms with Crippen molar-refractivity contribution in [3.63, 3.8) is 0 Å². The molecule has 2 aromatic carbocycles. The molecule has 3 rings (SSSR count). The van der Waals surface area contributed by atoms with Crippen LogP contribution in [-0.4, -0.2) is 38.8 Å². The Kier molecular flexibility index (Phi) is 5.84. The van der Waals surface area contributed by atoms with Crippen molar-refractivity contribution < 1.29 is 14.2 Å². The summed E-state index contributed by atoms with van der Waals surface area (Å²) >= 11 is 0. The second-order valence-corrected chi connectivity index (χ2v) is 6.56. The molecule has 0 amide bonds. The number of rotatable bonds is 5. The molecular formula is C22H27NO3. The lowest BCUT2D eigenvalue weighted by molar-refractivity contribution is 0.235. The van der Waals surface area contributed by atoms with Crippen LogP contribution in [-0.2, 0) is 6.54 Å². The summed E-state index contributed by atoms with van der Waals surface area (Å²) in [5.74, 6) is 2.48. The average molecular weight is 353 g/mol. The summed E-state index contributed by atoms with van der Waals surface area (Å²) < 4.78 is 17.2. The minimum Gasteiger partial charge on any atom is -0.496 e. The Morgan fingerprint density at radius 2 is 1.92 bits per heavy atom. The van der Waals surface area contributed by atoms with Crippen LogP contribution < -0.4 is 14.2 Å². The molecule has 0 radical (unpaired) electrons. The molecule has 4 heteroatoms. The molecule has 26 heavy (non-hydrogen) atoms. The number of methoxy groups -OCH3 is 2. The highest BCUT2D eigenvalue weighted by atomic mass is 16.5. The van der Waals surface area contributed by atoms with Crippen molar-refractivity contribution in [1.82, 2.24) is 4.90 Å². The van der Waals surface area contributed by atoms with Crippen molar-refractivity contribution in [2.24, 2.45) is 0 Å². The third-order valence-corrected chi connectivity index (χ3v) is 4.78. The monoisotopic (exact) mass is 353 g/mol. The first-order valence-electron chi connectivity index (χ1n) is 8.97. The molecule has 0 saturated heterocycles. The molecule has 4 nitrogen and oxygen atoms in total. The summed E-state index contributed by atoms with van der Waals surface area (Å²) in [6.45, 7) is 7.58. The zero-order chi connectivity index (χ0) is 18.5. The average Bonchev–Trinajstić information content (AvgIpc) is 2.88. The van der Waals surface area contributed by atoms with Crippen LogP contribution in [0.25, 0.3) is 11.1 Å². The van der Waals surface area contributed by atoms with Crippen LogP contribution in [0.2, 0.25) is 0 Å². The maximum absolute atomic E-state index is 6.05. The van der Waals surface area contributed by atoms with Gasteiger partial charge in [-0.2, -0.15) is 0 Å². The molecule has 0 N–H and O–H groups in total. The Hall–Kier alpha value is -2.46. The molecule has 2 aromatic rings. The van der Waals surface area contributed by atoms with Gasteiger partial charge in [0.15, 0.2) is 11.5 Å². The summed E-state index contributed by atoms with van der Waals surface area (Å²) in [5, 5.41) is 0. The predicted molar refractivity (Wildman–Crippen MR) is 105 cm³/mol. The van der Waals surface area contributed by atoms with Crippen molar-refractivity contribution in [3.05, 3.63) is 53.6 Å². The van der Waals surface area contributed by atoms with E-state index in [1.54, 1.807) is 14.2 Å². The summed E-state index contributed by atoms with van der Waals surface area (Å²) in [4.78, 5) is 2.41. The fourth-order valence-electron chi connectivity index (χ4n) is 3.31. The number of hydrogen-bond acceptors (Lipinski definition) is 4. The maximum Gasteiger partial charge on any atom is 0.165 e. The van der Waals surface area contributed by atoms with Crippen LogP contribution in [0.15, 0.2) is 48.0 Å². The van der Waals surface area contributed by atoms with Crippen LogP contribution in [0, 0.1) is 0 Å². The van der Waals surface area contributed by atoms with Gasteiger partial charge in [-0.3, -0.25) is 4.90 Å². The molecule has 138 valence electrons. The Labute approximate surface area is 156 Å². The minimum atomic E-state index is 0.661. The largest absolute Gasteiger partial charge is 0.496 e. The third-order valence-electron chi connectivity index (χ3n) is 4.78. The number of ether oxygens (including phenoxy) is 3. The van der Waals surface area contributed by atoms with E-state index in [-0.39, 0.29) is 0 Å². The molecule has 1 aliphatic rings. The normalized spacial score (nSPS) is 15.0. The fraction of sp³-hybridized carbons (Fsp3) is 0.364. The highest BCUT2D eigenvalue weighted by Gasteiger charge is 2.21. The molecule has 0 bridgehead atoms. The number of para-hydroxylation sites is 1. The number of nitrogens with zero attached hydrogens (tertiary/aromatic N) is 1. The second kappa shape index (κ2) is 8.28. The molecule has 0 saturated carbocycles. The van der Waals surface area contributed by atoms with Gasteiger partial charge in [0.05, 0.1) is 14.2 Å². The van der Waals surface area contributed by atoms with E-state index in [2.05, 4.69) is 37.0 Å². The second-order valence-electron chi connectivity index (χ2n) is 6.56. The zero-order valence-electron chi connectivity index (χ0n) is 16.0. The SMILES string of the molecule is C/C=C(\C)CN1CCOc2c(cc(-c3ccccc3OC)cc2OC)C1. The Balaban J connectivity index is 2.03. The minimum absolute atomic E-state index is 0.661. The van der Waals surface area contributed by atoms with Gasteiger partial charge < -0.3 is 14.2 Å². The lowest BCUT2D eigenvalue weighted by atomic mass is 10.0. The highest BCUT2D eigenvalue weighted by molar-refractivity contribution is 5.74. The standard InChI is InChI=1S/C22H27NO3/c1-5-16(2)14-23-10-11-26-22-18(15-23)12-17(13-21(22)25-4)19-8-6-7-9-20(19)24-3/h5-9,12-13H,10-11,14-15H2,1-4H3/b16-5+. The van der Waals surface area contributed by atoms with Gasteiger partial charge in [-0.15, -0.1) is 0 Å². The van der Waals surface area contributed by atoms with Gasteiger partial charge in [0.1, 0.15) is 12.4 Å². The molecular weight excluding hydrogens is 326 g/mol. The van der Waals surface area contributed by atoms with E-state index < -0.39 is 0 Å². The Bertz CT molecular complexity index is 798. The predicted octanol–water partition coefficient (Wildman–Crippen LogP) is 4.53. The molecule has 0 aromatic heterocycles. The summed E-state index contributed by atoms with van der Waals surface area (Å²) in [6.07, 6.45) is 2.17. The quantitative estimate of drug-likeness (QED) is 0.739. The zero-order valence-corrected chi connectivity index (χ0v) is 16.0. The maximum atomic E-state index is 6.05. The molecule has 1 heterocycles. The van der Waals surface area contributed by atoms with Gasteiger partial charge >= 0.3 is 0 Å². The first-order valence-corrected chi connectivity index (χ1v) is 8.97. The van der Waals surface area contributed by atoms with E-state index in [1.807, 2.05) is 24.3 Å². The number of benzene rings is 2. The number of hydrogen-bond donors (Lipinski definition) is 0. The Morgan fingerprint density at radius 1 is 1.15 bits per heavy atom. The lowest BCUT2D eigenvalue weighted by Crippen LogP contribution is -2.27. The lowest BCUT2D eigenvalue weighted by Gasteiger charge is -2.20. The van der Waals surface area contributed by atoms with E-state index in [0.29, 0.717) is 6.61 Å². The van der Waals surface area contributed by atoms with Gasteiger partial charge in [0.2, 0.25) is 0 Å². The summed E-state index contributed by atoms with van der Waals surface area (Å²) in [6, 6.07) is 12.3. The van der Waals surface area contributed by atoms with Crippen molar-refractivity contribution in [1.29, 1.82) is 0 Å². The highest BCUT2D eigenvalue weighted by Crippen LogP contribution is 2.40. The molecule has 0 unspecified atom stereocenters. The first-order chi connectivity index (χ1) is 12.7. The van der Waals surface area contributed by atoms with E-state index >= 15 is 0 Å². The van der Waals surface area contributed by atoms with E-state index in [0.717, 1.165) is 53.6 Å². The summed E-state index contributed by atoms with van der Waals surface area (Å²) in [7, 11) is 3.39. The topological polar surface area (TPSA) is 30.9 Å².